The Kier molecular flexibility index (Phi) is 9.57. The number of rotatable bonds is 12. The second-order valence-electron chi connectivity index (χ2n) is 8.60. The Balaban J connectivity index is 2.26. The maximum absolute atomic E-state index is 12.6. The van der Waals surface area contributed by atoms with Crippen molar-refractivity contribution in [3.8, 4) is 0 Å². The van der Waals surface area contributed by atoms with Crippen molar-refractivity contribution in [2.45, 2.75) is 64.5 Å². The Labute approximate surface area is 187 Å². The molecule has 0 aliphatic carbocycles. The number of aromatic nitrogens is 5. The number of tetrazole rings is 1. The molecule has 166 valence electrons. The van der Waals surface area contributed by atoms with Crippen molar-refractivity contribution in [3.63, 3.8) is 0 Å². The number of halogens is 1. The van der Waals surface area contributed by atoms with Crippen LogP contribution in [0.15, 0.2) is 22.9 Å². The number of ether oxygens (including phenoxy) is 2. The van der Waals surface area contributed by atoms with Crippen molar-refractivity contribution in [3.05, 3.63) is 34.3 Å². The molecule has 0 N–H and O–H groups in total. The SMILES string of the molecule is CCC[C@H](C(=O)OC)[C@H](Cc1ccc(Br)nc1)c1nnnn1COCC[Si](C)(C)C. The summed E-state index contributed by atoms with van der Waals surface area (Å²) in [4.78, 5) is 16.9. The van der Waals surface area contributed by atoms with Crippen LogP contribution in [0.1, 0.15) is 37.1 Å². The lowest BCUT2D eigenvalue weighted by Crippen LogP contribution is -2.28. The number of carbonyl (C=O) groups excluding carboxylic acids is 1. The van der Waals surface area contributed by atoms with E-state index in [1.165, 1.54) is 7.11 Å². The summed E-state index contributed by atoms with van der Waals surface area (Å²) in [5, 5.41) is 12.3. The normalized spacial score (nSPS) is 13.8. The van der Waals surface area contributed by atoms with Gasteiger partial charge in [0.1, 0.15) is 11.3 Å². The quantitative estimate of drug-likeness (QED) is 0.189. The van der Waals surface area contributed by atoms with E-state index in [2.05, 4.69) is 63.0 Å². The van der Waals surface area contributed by atoms with Crippen LogP contribution in [-0.4, -0.2) is 53.0 Å². The monoisotopic (exact) mass is 497 g/mol. The van der Waals surface area contributed by atoms with E-state index in [0.29, 0.717) is 25.3 Å². The number of hydrogen-bond acceptors (Lipinski definition) is 7. The van der Waals surface area contributed by atoms with Crippen molar-refractivity contribution < 1.29 is 14.3 Å². The van der Waals surface area contributed by atoms with Gasteiger partial charge in [-0.25, -0.2) is 9.67 Å². The molecule has 10 heteroatoms. The summed E-state index contributed by atoms with van der Waals surface area (Å²) < 4.78 is 13.4. The average Bonchev–Trinajstić information content (AvgIpc) is 3.16. The molecule has 0 aliphatic rings. The highest BCUT2D eigenvalue weighted by molar-refractivity contribution is 9.10. The molecule has 2 heterocycles. The molecule has 2 aromatic heterocycles. The minimum Gasteiger partial charge on any atom is -0.469 e. The van der Waals surface area contributed by atoms with Gasteiger partial charge in [0.2, 0.25) is 0 Å². The Morgan fingerprint density at radius 1 is 1.30 bits per heavy atom. The first-order valence-electron chi connectivity index (χ1n) is 10.3. The zero-order valence-corrected chi connectivity index (χ0v) is 21.1. The zero-order chi connectivity index (χ0) is 22.1. The fraction of sp³-hybridized carbons (Fsp3) is 0.650. The molecule has 0 saturated carbocycles. The summed E-state index contributed by atoms with van der Waals surface area (Å²) in [5.74, 6) is -0.206. The Morgan fingerprint density at radius 3 is 2.67 bits per heavy atom. The fourth-order valence-corrected chi connectivity index (χ4v) is 4.23. The largest absolute Gasteiger partial charge is 0.469 e. The van der Waals surface area contributed by atoms with Gasteiger partial charge in [0.15, 0.2) is 5.82 Å². The molecule has 30 heavy (non-hydrogen) atoms. The molecule has 0 aromatic carbocycles. The van der Waals surface area contributed by atoms with E-state index in [1.807, 2.05) is 12.1 Å². The third-order valence-electron chi connectivity index (χ3n) is 4.93. The van der Waals surface area contributed by atoms with Gasteiger partial charge in [0, 0.05) is 26.8 Å². The number of carbonyl (C=O) groups is 1. The van der Waals surface area contributed by atoms with Crippen LogP contribution in [0.4, 0.5) is 0 Å². The summed E-state index contributed by atoms with van der Waals surface area (Å²) in [5.41, 5.74) is 1.00. The summed E-state index contributed by atoms with van der Waals surface area (Å²) in [6, 6.07) is 4.95. The van der Waals surface area contributed by atoms with E-state index in [-0.39, 0.29) is 24.5 Å². The second-order valence-corrected chi connectivity index (χ2v) is 15.0. The van der Waals surface area contributed by atoms with Crippen LogP contribution in [0.25, 0.3) is 0 Å². The topological polar surface area (TPSA) is 92.0 Å². The number of hydrogen-bond donors (Lipinski definition) is 0. The first-order valence-corrected chi connectivity index (χ1v) is 14.8. The van der Waals surface area contributed by atoms with Gasteiger partial charge >= 0.3 is 5.97 Å². The van der Waals surface area contributed by atoms with Gasteiger partial charge < -0.3 is 9.47 Å². The van der Waals surface area contributed by atoms with Gasteiger partial charge in [-0.3, -0.25) is 4.79 Å². The number of methoxy groups -OCH3 is 1. The van der Waals surface area contributed by atoms with Crippen molar-refractivity contribution >= 4 is 30.0 Å². The van der Waals surface area contributed by atoms with E-state index >= 15 is 0 Å². The first-order chi connectivity index (χ1) is 14.2. The van der Waals surface area contributed by atoms with Crippen molar-refractivity contribution in [2.24, 2.45) is 5.92 Å². The molecule has 2 atom stereocenters. The van der Waals surface area contributed by atoms with Crippen molar-refractivity contribution in [2.75, 3.05) is 13.7 Å². The molecular weight excluding hydrogens is 466 g/mol. The predicted octanol–water partition coefficient (Wildman–Crippen LogP) is 4.06. The Bertz CT molecular complexity index is 794. The van der Waals surface area contributed by atoms with Gasteiger partial charge in [-0.2, -0.15) is 0 Å². The molecule has 0 spiro atoms. The lowest BCUT2D eigenvalue weighted by atomic mass is 9.83. The lowest BCUT2D eigenvalue weighted by molar-refractivity contribution is -0.146. The van der Waals surface area contributed by atoms with E-state index in [0.717, 1.165) is 22.6 Å². The zero-order valence-electron chi connectivity index (χ0n) is 18.5. The van der Waals surface area contributed by atoms with Gasteiger partial charge in [0.05, 0.1) is 13.0 Å². The lowest BCUT2D eigenvalue weighted by Gasteiger charge is -2.24. The molecule has 0 aliphatic heterocycles. The Morgan fingerprint density at radius 2 is 2.07 bits per heavy atom. The van der Waals surface area contributed by atoms with E-state index in [4.69, 9.17) is 9.47 Å². The molecule has 8 nitrogen and oxygen atoms in total. The maximum Gasteiger partial charge on any atom is 0.309 e. The predicted molar refractivity (Wildman–Crippen MR) is 121 cm³/mol. The molecule has 0 unspecified atom stereocenters. The minimum absolute atomic E-state index is 0.240. The molecular formula is C20H32BrN5O3Si. The van der Waals surface area contributed by atoms with Crippen LogP contribution >= 0.6 is 15.9 Å². The van der Waals surface area contributed by atoms with Gasteiger partial charge in [-0.15, -0.1) is 5.10 Å². The number of nitrogens with zero attached hydrogens (tertiary/aromatic N) is 5. The molecule has 0 amide bonds. The fourth-order valence-electron chi connectivity index (χ4n) is 3.24. The second kappa shape index (κ2) is 11.7. The standard InChI is InChI=1S/C20H32BrN5O3Si/c1-6-7-16(20(27)28-2)17(12-15-8-9-18(21)22-13-15)19-23-24-25-26(19)14-29-10-11-30(3,4)5/h8-9,13,16-17H,6-7,10-12,14H2,1-5H3/t16-,17-/m0/s1. The van der Waals surface area contributed by atoms with Crippen LogP contribution < -0.4 is 0 Å². The van der Waals surface area contributed by atoms with Crippen LogP contribution in [0, 0.1) is 5.92 Å². The van der Waals surface area contributed by atoms with Crippen LogP contribution in [0.3, 0.4) is 0 Å². The van der Waals surface area contributed by atoms with Crippen molar-refractivity contribution in [1.29, 1.82) is 0 Å². The minimum atomic E-state index is -1.18. The summed E-state index contributed by atoms with van der Waals surface area (Å²) in [6.07, 6.45) is 3.92. The first kappa shape index (κ1) is 24.6. The number of pyridine rings is 1. The third-order valence-corrected chi connectivity index (χ3v) is 7.11. The number of esters is 1. The Hall–Kier alpha value is -1.65. The highest BCUT2D eigenvalue weighted by Gasteiger charge is 2.34. The van der Waals surface area contributed by atoms with Gasteiger partial charge in [0.25, 0.3) is 0 Å². The average molecular weight is 498 g/mol. The highest BCUT2D eigenvalue weighted by Crippen LogP contribution is 2.31. The van der Waals surface area contributed by atoms with E-state index in [1.54, 1.807) is 10.9 Å². The van der Waals surface area contributed by atoms with Crippen LogP contribution in [0.2, 0.25) is 25.7 Å². The summed E-state index contributed by atoms with van der Waals surface area (Å²) in [6.45, 7) is 9.93. The van der Waals surface area contributed by atoms with Gasteiger partial charge in [-0.1, -0.05) is 39.1 Å². The van der Waals surface area contributed by atoms with E-state index in [9.17, 15) is 4.79 Å². The highest BCUT2D eigenvalue weighted by atomic mass is 79.9. The smallest absolute Gasteiger partial charge is 0.309 e. The molecule has 0 fully saturated rings. The summed E-state index contributed by atoms with van der Waals surface area (Å²) in [7, 11) is 0.246. The van der Waals surface area contributed by atoms with E-state index < -0.39 is 8.07 Å². The molecule has 0 saturated heterocycles. The third kappa shape index (κ3) is 7.55. The molecule has 0 radical (unpaired) electrons. The van der Waals surface area contributed by atoms with Crippen LogP contribution in [-0.2, 0) is 27.4 Å². The summed E-state index contributed by atoms with van der Waals surface area (Å²) >= 11 is 3.36. The molecule has 2 rings (SSSR count). The van der Waals surface area contributed by atoms with Gasteiger partial charge in [-0.05, 0) is 56.9 Å². The van der Waals surface area contributed by atoms with Crippen molar-refractivity contribution in [1.82, 2.24) is 25.2 Å². The molecule has 0 bridgehead atoms. The maximum atomic E-state index is 12.6. The molecule has 2 aromatic rings. The van der Waals surface area contributed by atoms with Crippen LogP contribution in [0.5, 0.6) is 0 Å².